The Morgan fingerprint density at radius 1 is 1.78 bits per heavy atom. The lowest BCUT2D eigenvalue weighted by Gasteiger charge is -2.07. The first kappa shape index (κ1) is 7.03. The minimum absolute atomic E-state index is 0.531. The number of nitrogens with two attached hydrogens (primary N) is 1. The van der Waals surface area contributed by atoms with Gasteiger partial charge in [0.25, 0.3) is 0 Å². The molecule has 0 heterocycles. The van der Waals surface area contributed by atoms with Gasteiger partial charge in [0.1, 0.15) is 0 Å². The molecule has 0 amide bonds. The van der Waals surface area contributed by atoms with Crippen molar-refractivity contribution in [1.82, 2.24) is 5.32 Å². The van der Waals surface area contributed by atoms with Crippen molar-refractivity contribution in [3.63, 3.8) is 0 Å². The molecule has 2 nitrogen and oxygen atoms in total. The third-order valence-electron chi connectivity index (χ3n) is 2.40. The van der Waals surface area contributed by atoms with Crippen molar-refractivity contribution in [2.75, 3.05) is 20.1 Å². The standard InChI is InChI=1S/C7H16N2/c1-7(5-9-2)3-6(7)4-8/h6,9H,3-5,8H2,1-2H3. The Bertz CT molecular complexity index is 103. The van der Waals surface area contributed by atoms with Crippen molar-refractivity contribution >= 4 is 0 Å². The fourth-order valence-corrected chi connectivity index (χ4v) is 1.49. The quantitative estimate of drug-likeness (QED) is 0.569. The topological polar surface area (TPSA) is 38.0 Å². The predicted octanol–water partition coefficient (Wildman–Crippen LogP) is 0.191. The molecule has 0 aromatic heterocycles. The van der Waals surface area contributed by atoms with Crippen LogP contribution >= 0.6 is 0 Å². The van der Waals surface area contributed by atoms with Crippen molar-refractivity contribution in [2.24, 2.45) is 17.1 Å². The van der Waals surface area contributed by atoms with Gasteiger partial charge in [-0.2, -0.15) is 0 Å². The lowest BCUT2D eigenvalue weighted by molar-refractivity contribution is 0.479. The highest BCUT2D eigenvalue weighted by atomic mass is 14.9. The number of nitrogens with one attached hydrogen (secondary N) is 1. The molecular weight excluding hydrogens is 112 g/mol. The summed E-state index contributed by atoms with van der Waals surface area (Å²) < 4.78 is 0. The molecule has 0 saturated heterocycles. The summed E-state index contributed by atoms with van der Waals surface area (Å²) in [5, 5.41) is 3.18. The van der Waals surface area contributed by atoms with Crippen LogP contribution in [0.2, 0.25) is 0 Å². The average molecular weight is 128 g/mol. The van der Waals surface area contributed by atoms with Gasteiger partial charge >= 0.3 is 0 Å². The van der Waals surface area contributed by atoms with Gasteiger partial charge < -0.3 is 11.1 Å². The van der Waals surface area contributed by atoms with Crippen molar-refractivity contribution in [3.8, 4) is 0 Å². The van der Waals surface area contributed by atoms with Crippen molar-refractivity contribution in [3.05, 3.63) is 0 Å². The third-order valence-corrected chi connectivity index (χ3v) is 2.40. The first-order valence-electron chi connectivity index (χ1n) is 3.57. The minimum Gasteiger partial charge on any atom is -0.330 e. The van der Waals surface area contributed by atoms with Crippen LogP contribution in [0.25, 0.3) is 0 Å². The van der Waals surface area contributed by atoms with Crippen LogP contribution in [0.3, 0.4) is 0 Å². The van der Waals surface area contributed by atoms with E-state index >= 15 is 0 Å². The Hall–Kier alpha value is -0.0800. The average Bonchev–Trinajstić information content (AvgIpc) is 2.43. The molecule has 0 aliphatic heterocycles. The van der Waals surface area contributed by atoms with Gasteiger partial charge in [0.05, 0.1) is 0 Å². The molecule has 0 aromatic carbocycles. The molecule has 1 aliphatic rings. The third kappa shape index (κ3) is 1.25. The van der Waals surface area contributed by atoms with Crippen LogP contribution < -0.4 is 11.1 Å². The molecule has 3 N–H and O–H groups in total. The summed E-state index contributed by atoms with van der Waals surface area (Å²) in [5.74, 6) is 0.782. The van der Waals surface area contributed by atoms with Crippen LogP contribution in [-0.2, 0) is 0 Å². The zero-order valence-electron chi connectivity index (χ0n) is 6.28. The summed E-state index contributed by atoms with van der Waals surface area (Å²) in [4.78, 5) is 0. The maximum absolute atomic E-state index is 5.51. The SMILES string of the molecule is CNCC1(C)CC1CN. The molecule has 1 aliphatic carbocycles. The maximum Gasteiger partial charge on any atom is 0.000541 e. The predicted molar refractivity (Wildman–Crippen MR) is 39.2 cm³/mol. The Kier molecular flexibility index (Phi) is 1.78. The molecule has 0 spiro atoms. The summed E-state index contributed by atoms with van der Waals surface area (Å²) in [6.45, 7) is 4.27. The first-order chi connectivity index (χ1) is 4.23. The molecule has 2 atom stereocenters. The van der Waals surface area contributed by atoms with E-state index in [9.17, 15) is 0 Å². The van der Waals surface area contributed by atoms with Crippen LogP contribution in [0.1, 0.15) is 13.3 Å². The Morgan fingerprint density at radius 3 is 2.78 bits per heavy atom. The molecule has 0 radical (unpaired) electrons. The van der Waals surface area contributed by atoms with E-state index in [0.717, 1.165) is 19.0 Å². The zero-order chi connectivity index (χ0) is 6.91. The molecule has 2 heteroatoms. The van der Waals surface area contributed by atoms with E-state index in [1.165, 1.54) is 6.42 Å². The van der Waals surface area contributed by atoms with Gasteiger partial charge in [-0.25, -0.2) is 0 Å². The second-order valence-corrected chi connectivity index (χ2v) is 3.32. The second-order valence-electron chi connectivity index (χ2n) is 3.32. The fourth-order valence-electron chi connectivity index (χ4n) is 1.49. The molecule has 0 aromatic rings. The lowest BCUT2D eigenvalue weighted by Crippen LogP contribution is -2.21. The lowest BCUT2D eigenvalue weighted by atomic mass is 10.1. The first-order valence-corrected chi connectivity index (χ1v) is 3.57. The van der Waals surface area contributed by atoms with Crippen molar-refractivity contribution in [1.29, 1.82) is 0 Å². The molecule has 1 saturated carbocycles. The van der Waals surface area contributed by atoms with Crippen molar-refractivity contribution < 1.29 is 0 Å². The summed E-state index contributed by atoms with van der Waals surface area (Å²) in [5.41, 5.74) is 6.04. The van der Waals surface area contributed by atoms with E-state index < -0.39 is 0 Å². The number of hydrogen-bond acceptors (Lipinski definition) is 2. The molecule has 1 rings (SSSR count). The van der Waals surface area contributed by atoms with Gasteiger partial charge in [-0.3, -0.25) is 0 Å². The Morgan fingerprint density at radius 2 is 2.44 bits per heavy atom. The maximum atomic E-state index is 5.51. The van der Waals surface area contributed by atoms with E-state index in [0.29, 0.717) is 5.41 Å². The van der Waals surface area contributed by atoms with Gasteiger partial charge in [-0.05, 0) is 31.3 Å². The zero-order valence-corrected chi connectivity index (χ0v) is 6.28. The molecule has 0 bridgehead atoms. The van der Waals surface area contributed by atoms with Gasteiger partial charge in [-0.15, -0.1) is 0 Å². The highest BCUT2D eigenvalue weighted by molar-refractivity contribution is 5.00. The number of hydrogen-bond donors (Lipinski definition) is 2. The summed E-state index contributed by atoms with van der Waals surface area (Å²) in [6, 6.07) is 0. The number of rotatable bonds is 3. The van der Waals surface area contributed by atoms with Gasteiger partial charge in [0.15, 0.2) is 0 Å². The summed E-state index contributed by atoms with van der Waals surface area (Å²) in [6.07, 6.45) is 1.31. The minimum atomic E-state index is 0.531. The summed E-state index contributed by atoms with van der Waals surface area (Å²) >= 11 is 0. The van der Waals surface area contributed by atoms with E-state index in [2.05, 4.69) is 12.2 Å². The molecule has 9 heavy (non-hydrogen) atoms. The molecule has 2 unspecified atom stereocenters. The van der Waals surface area contributed by atoms with Crippen LogP contribution in [0.5, 0.6) is 0 Å². The Balaban J connectivity index is 2.25. The molecular formula is C7H16N2. The Labute approximate surface area is 56.8 Å². The molecule has 54 valence electrons. The van der Waals surface area contributed by atoms with E-state index in [1.54, 1.807) is 0 Å². The monoisotopic (exact) mass is 128 g/mol. The normalized spacial score (nSPS) is 41.0. The van der Waals surface area contributed by atoms with Crippen LogP contribution in [0.15, 0.2) is 0 Å². The van der Waals surface area contributed by atoms with Crippen LogP contribution in [0.4, 0.5) is 0 Å². The van der Waals surface area contributed by atoms with Crippen LogP contribution in [0, 0.1) is 11.3 Å². The second kappa shape index (κ2) is 2.27. The smallest absolute Gasteiger partial charge is 0.000541 e. The highest BCUT2D eigenvalue weighted by Crippen LogP contribution is 2.50. The van der Waals surface area contributed by atoms with Crippen LogP contribution in [-0.4, -0.2) is 20.1 Å². The van der Waals surface area contributed by atoms with Crippen molar-refractivity contribution in [2.45, 2.75) is 13.3 Å². The van der Waals surface area contributed by atoms with Gasteiger partial charge in [-0.1, -0.05) is 6.92 Å². The van der Waals surface area contributed by atoms with Gasteiger partial charge in [0.2, 0.25) is 0 Å². The van der Waals surface area contributed by atoms with E-state index in [4.69, 9.17) is 5.73 Å². The summed E-state index contributed by atoms with van der Waals surface area (Å²) in [7, 11) is 2.00. The van der Waals surface area contributed by atoms with E-state index in [-0.39, 0.29) is 0 Å². The molecule has 1 fully saturated rings. The largest absolute Gasteiger partial charge is 0.330 e. The van der Waals surface area contributed by atoms with Gasteiger partial charge in [0, 0.05) is 6.54 Å². The fraction of sp³-hybridized carbons (Fsp3) is 1.00. The highest BCUT2D eigenvalue weighted by Gasteiger charge is 2.47. The van der Waals surface area contributed by atoms with E-state index in [1.807, 2.05) is 7.05 Å².